The van der Waals surface area contributed by atoms with Gasteiger partial charge in [0.05, 0.1) is 12.6 Å². The summed E-state index contributed by atoms with van der Waals surface area (Å²) in [4.78, 5) is 4.25. The number of pyridine rings is 1. The summed E-state index contributed by atoms with van der Waals surface area (Å²) in [5.41, 5.74) is 5.50. The quantitative estimate of drug-likeness (QED) is 0.740. The third-order valence-electron chi connectivity index (χ3n) is 2.39. The summed E-state index contributed by atoms with van der Waals surface area (Å²) < 4.78 is 28.3. The Morgan fingerprint density at radius 2 is 2.28 bits per heavy atom. The predicted octanol–water partition coefficient (Wildman–Crippen LogP) is 0.261. The van der Waals surface area contributed by atoms with Gasteiger partial charge in [-0.2, -0.15) is 0 Å². The van der Waals surface area contributed by atoms with E-state index in [1.165, 1.54) is 6.07 Å². The summed E-state index contributed by atoms with van der Waals surface area (Å²) in [7, 11) is -1.72. The average Bonchev–Trinajstić information content (AvgIpc) is 2.29. The van der Waals surface area contributed by atoms with E-state index in [0.717, 1.165) is 6.26 Å². The molecule has 1 atom stereocenters. The van der Waals surface area contributed by atoms with Gasteiger partial charge in [-0.1, -0.05) is 0 Å². The van der Waals surface area contributed by atoms with Crippen LogP contribution in [0.25, 0.3) is 0 Å². The molecule has 0 spiro atoms. The van der Waals surface area contributed by atoms with E-state index in [1.54, 1.807) is 19.4 Å². The SMILES string of the molecule is COCC(CCN)Nc1ncccc1S(C)(=O)=O. The van der Waals surface area contributed by atoms with Gasteiger partial charge in [0, 0.05) is 19.6 Å². The maximum absolute atomic E-state index is 11.6. The number of hydrogen-bond donors (Lipinski definition) is 2. The topological polar surface area (TPSA) is 94.3 Å². The van der Waals surface area contributed by atoms with Gasteiger partial charge >= 0.3 is 0 Å². The minimum atomic E-state index is -3.31. The van der Waals surface area contributed by atoms with Crippen LogP contribution in [0.5, 0.6) is 0 Å². The van der Waals surface area contributed by atoms with Crippen molar-refractivity contribution in [1.82, 2.24) is 4.98 Å². The van der Waals surface area contributed by atoms with E-state index in [0.29, 0.717) is 25.4 Å². The lowest BCUT2D eigenvalue weighted by atomic mass is 10.2. The highest BCUT2D eigenvalue weighted by Crippen LogP contribution is 2.19. The molecule has 7 heteroatoms. The molecule has 0 bridgehead atoms. The fraction of sp³-hybridized carbons (Fsp3) is 0.545. The van der Waals surface area contributed by atoms with Crippen molar-refractivity contribution in [3.05, 3.63) is 18.3 Å². The van der Waals surface area contributed by atoms with Crippen LogP contribution in [0.1, 0.15) is 6.42 Å². The number of nitrogens with two attached hydrogens (primary N) is 1. The summed E-state index contributed by atoms with van der Waals surface area (Å²) >= 11 is 0. The fourth-order valence-corrected chi connectivity index (χ4v) is 2.38. The van der Waals surface area contributed by atoms with E-state index in [4.69, 9.17) is 10.5 Å². The molecule has 18 heavy (non-hydrogen) atoms. The lowest BCUT2D eigenvalue weighted by Gasteiger charge is -2.19. The Labute approximate surface area is 107 Å². The maximum atomic E-state index is 11.6. The fourth-order valence-electron chi connectivity index (χ4n) is 1.59. The number of hydrogen-bond acceptors (Lipinski definition) is 6. The van der Waals surface area contributed by atoms with E-state index in [1.807, 2.05) is 0 Å². The Bertz CT molecular complexity index is 470. The molecule has 1 rings (SSSR count). The van der Waals surface area contributed by atoms with Crippen LogP contribution in [0, 0.1) is 0 Å². The minimum absolute atomic E-state index is 0.0598. The summed E-state index contributed by atoms with van der Waals surface area (Å²) in [5.74, 6) is 0.343. The van der Waals surface area contributed by atoms with Crippen molar-refractivity contribution >= 4 is 15.7 Å². The molecular formula is C11H19N3O3S. The second kappa shape index (κ2) is 6.67. The molecule has 0 aromatic carbocycles. The second-order valence-electron chi connectivity index (χ2n) is 4.00. The molecule has 0 radical (unpaired) electrons. The molecule has 1 aromatic rings. The zero-order valence-electron chi connectivity index (χ0n) is 10.6. The maximum Gasteiger partial charge on any atom is 0.179 e. The third kappa shape index (κ3) is 4.25. The Balaban J connectivity index is 2.95. The van der Waals surface area contributed by atoms with Gasteiger partial charge in [-0.15, -0.1) is 0 Å². The highest BCUT2D eigenvalue weighted by molar-refractivity contribution is 7.90. The van der Waals surface area contributed by atoms with Crippen molar-refractivity contribution < 1.29 is 13.2 Å². The monoisotopic (exact) mass is 273 g/mol. The number of rotatable bonds is 7. The van der Waals surface area contributed by atoms with Crippen molar-refractivity contribution in [3.63, 3.8) is 0 Å². The zero-order valence-corrected chi connectivity index (χ0v) is 11.4. The van der Waals surface area contributed by atoms with Crippen LogP contribution < -0.4 is 11.1 Å². The molecule has 0 saturated carbocycles. The summed E-state index contributed by atoms with van der Waals surface area (Å²) in [5, 5.41) is 3.06. The van der Waals surface area contributed by atoms with Crippen molar-refractivity contribution in [1.29, 1.82) is 0 Å². The summed E-state index contributed by atoms with van der Waals surface area (Å²) in [6, 6.07) is 3.06. The van der Waals surface area contributed by atoms with E-state index in [9.17, 15) is 8.42 Å². The number of methoxy groups -OCH3 is 1. The molecule has 0 aliphatic rings. The Kier molecular flexibility index (Phi) is 5.52. The summed E-state index contributed by atoms with van der Waals surface area (Å²) in [6.45, 7) is 0.930. The standard InChI is InChI=1S/C11H19N3O3S/c1-17-8-9(5-6-12)14-11-10(18(2,15)16)4-3-7-13-11/h3-4,7,9H,5-6,8,12H2,1-2H3,(H,13,14). The van der Waals surface area contributed by atoms with Crippen molar-refractivity contribution in [3.8, 4) is 0 Å². The smallest absolute Gasteiger partial charge is 0.179 e. The molecule has 0 fully saturated rings. The average molecular weight is 273 g/mol. The first kappa shape index (κ1) is 14.9. The van der Waals surface area contributed by atoms with Crippen LogP contribution in [0.3, 0.4) is 0 Å². The largest absolute Gasteiger partial charge is 0.383 e. The van der Waals surface area contributed by atoms with Crippen LogP contribution in [0.15, 0.2) is 23.2 Å². The van der Waals surface area contributed by atoms with Crippen LogP contribution >= 0.6 is 0 Å². The van der Waals surface area contributed by atoms with Crippen LogP contribution in [-0.2, 0) is 14.6 Å². The number of nitrogens with zero attached hydrogens (tertiary/aromatic N) is 1. The van der Waals surface area contributed by atoms with Crippen LogP contribution in [0.4, 0.5) is 5.82 Å². The number of ether oxygens (including phenoxy) is 1. The highest BCUT2D eigenvalue weighted by atomic mass is 32.2. The number of aromatic nitrogens is 1. The Morgan fingerprint density at radius 3 is 2.83 bits per heavy atom. The minimum Gasteiger partial charge on any atom is -0.383 e. The molecule has 0 aliphatic carbocycles. The van der Waals surface area contributed by atoms with E-state index in [2.05, 4.69) is 10.3 Å². The molecular weight excluding hydrogens is 254 g/mol. The van der Waals surface area contributed by atoms with Crippen molar-refractivity contribution in [2.75, 3.05) is 31.8 Å². The first-order chi connectivity index (χ1) is 8.49. The van der Waals surface area contributed by atoms with E-state index >= 15 is 0 Å². The lowest BCUT2D eigenvalue weighted by molar-refractivity contribution is 0.183. The third-order valence-corrected chi connectivity index (χ3v) is 3.52. The van der Waals surface area contributed by atoms with Gasteiger partial charge in [0.25, 0.3) is 0 Å². The highest BCUT2D eigenvalue weighted by Gasteiger charge is 2.16. The molecule has 0 saturated heterocycles. The number of sulfone groups is 1. The van der Waals surface area contributed by atoms with Crippen LogP contribution in [-0.4, -0.2) is 46.0 Å². The second-order valence-corrected chi connectivity index (χ2v) is 5.98. The van der Waals surface area contributed by atoms with Gasteiger partial charge in [0.1, 0.15) is 10.7 Å². The number of nitrogens with one attached hydrogen (secondary N) is 1. The van der Waals surface area contributed by atoms with Gasteiger partial charge in [-0.3, -0.25) is 0 Å². The van der Waals surface area contributed by atoms with Crippen molar-refractivity contribution in [2.45, 2.75) is 17.4 Å². The zero-order chi connectivity index (χ0) is 13.6. The normalized spacial score (nSPS) is 13.3. The first-order valence-corrected chi connectivity index (χ1v) is 7.48. The summed E-state index contributed by atoms with van der Waals surface area (Å²) in [6.07, 6.45) is 3.38. The van der Waals surface area contributed by atoms with Gasteiger partial charge in [-0.05, 0) is 25.1 Å². The van der Waals surface area contributed by atoms with Crippen LogP contribution in [0.2, 0.25) is 0 Å². The molecule has 1 aromatic heterocycles. The van der Waals surface area contributed by atoms with E-state index in [-0.39, 0.29) is 10.9 Å². The Hall–Kier alpha value is -1.18. The van der Waals surface area contributed by atoms with Gasteiger partial charge in [0.2, 0.25) is 0 Å². The Morgan fingerprint density at radius 1 is 1.56 bits per heavy atom. The first-order valence-electron chi connectivity index (χ1n) is 5.59. The molecule has 1 heterocycles. The van der Waals surface area contributed by atoms with Gasteiger partial charge in [-0.25, -0.2) is 13.4 Å². The van der Waals surface area contributed by atoms with Gasteiger partial charge < -0.3 is 15.8 Å². The van der Waals surface area contributed by atoms with Gasteiger partial charge in [0.15, 0.2) is 9.84 Å². The molecule has 0 amide bonds. The van der Waals surface area contributed by atoms with E-state index < -0.39 is 9.84 Å². The molecule has 0 aliphatic heterocycles. The molecule has 1 unspecified atom stereocenters. The van der Waals surface area contributed by atoms with Crippen molar-refractivity contribution in [2.24, 2.45) is 5.73 Å². The molecule has 3 N–H and O–H groups in total. The molecule has 6 nitrogen and oxygen atoms in total. The molecule has 102 valence electrons. The predicted molar refractivity (Wildman–Crippen MR) is 70.3 cm³/mol. The lowest BCUT2D eigenvalue weighted by Crippen LogP contribution is -2.29. The number of anilines is 1.